The van der Waals surface area contributed by atoms with Gasteiger partial charge in [-0.3, -0.25) is 9.59 Å². The molecule has 1 aliphatic rings. The zero-order valence-corrected chi connectivity index (χ0v) is 11.8. The Hall–Kier alpha value is -1.95. The zero-order chi connectivity index (χ0) is 15.4. The molecule has 5 nitrogen and oxygen atoms in total. The molecule has 0 saturated carbocycles. The van der Waals surface area contributed by atoms with Crippen LogP contribution in [0.2, 0.25) is 0 Å². The van der Waals surface area contributed by atoms with E-state index in [-0.39, 0.29) is 18.2 Å². The van der Waals surface area contributed by atoms with Gasteiger partial charge in [0.1, 0.15) is 12.4 Å². The second-order valence-corrected chi connectivity index (χ2v) is 5.19. The van der Waals surface area contributed by atoms with Crippen LogP contribution in [0.1, 0.15) is 28.8 Å². The average molecular weight is 295 g/mol. The van der Waals surface area contributed by atoms with E-state index in [2.05, 4.69) is 0 Å². The molecule has 6 heteroatoms. The number of aryl methyl sites for hydroxylation is 1. The van der Waals surface area contributed by atoms with Gasteiger partial charge in [0.15, 0.2) is 0 Å². The average Bonchev–Trinajstić information content (AvgIpc) is 2.44. The van der Waals surface area contributed by atoms with E-state index in [4.69, 9.17) is 9.84 Å². The van der Waals surface area contributed by atoms with Gasteiger partial charge in [0.05, 0.1) is 0 Å². The number of halogens is 1. The smallest absolute Gasteiger partial charge is 0.323 e. The third kappa shape index (κ3) is 4.01. The van der Waals surface area contributed by atoms with E-state index in [1.54, 1.807) is 13.0 Å². The molecule has 0 atom stereocenters. The van der Waals surface area contributed by atoms with Gasteiger partial charge < -0.3 is 14.7 Å². The summed E-state index contributed by atoms with van der Waals surface area (Å²) in [4.78, 5) is 24.9. The van der Waals surface area contributed by atoms with Gasteiger partial charge >= 0.3 is 5.97 Å². The fourth-order valence-corrected chi connectivity index (χ4v) is 2.53. The van der Waals surface area contributed by atoms with Crippen LogP contribution in [0.3, 0.4) is 0 Å². The molecule has 0 aliphatic carbocycles. The van der Waals surface area contributed by atoms with Gasteiger partial charge in [0.25, 0.3) is 5.91 Å². The molecule has 1 heterocycles. The molecular formula is C15H18FNO4. The van der Waals surface area contributed by atoms with E-state index in [1.807, 2.05) is 0 Å². The van der Waals surface area contributed by atoms with E-state index in [1.165, 1.54) is 11.0 Å². The zero-order valence-electron chi connectivity index (χ0n) is 11.8. The topological polar surface area (TPSA) is 66.8 Å². The second-order valence-electron chi connectivity index (χ2n) is 5.19. The summed E-state index contributed by atoms with van der Waals surface area (Å²) in [7, 11) is 0. The Morgan fingerprint density at radius 1 is 1.33 bits per heavy atom. The number of aliphatic carboxylic acids is 1. The molecular weight excluding hydrogens is 277 g/mol. The summed E-state index contributed by atoms with van der Waals surface area (Å²) < 4.78 is 18.7. The van der Waals surface area contributed by atoms with Crippen molar-refractivity contribution >= 4 is 11.9 Å². The van der Waals surface area contributed by atoms with Crippen molar-refractivity contribution in [2.75, 3.05) is 19.8 Å². The molecule has 1 aromatic rings. The van der Waals surface area contributed by atoms with E-state index < -0.39 is 17.7 Å². The van der Waals surface area contributed by atoms with Gasteiger partial charge in [-0.2, -0.15) is 0 Å². The molecule has 1 aromatic carbocycles. The standard InChI is InChI=1S/C15H18FNO4/c1-10-6-11(8-12(16)7-10)15(20)17(9-14(18)19)13-2-4-21-5-3-13/h6-8,13H,2-5,9H2,1H3,(H,18,19). The normalized spacial score (nSPS) is 15.7. The molecule has 0 unspecified atom stereocenters. The quantitative estimate of drug-likeness (QED) is 0.920. The Balaban J connectivity index is 2.25. The van der Waals surface area contributed by atoms with Gasteiger partial charge in [-0.15, -0.1) is 0 Å². The number of carbonyl (C=O) groups is 2. The van der Waals surface area contributed by atoms with Gasteiger partial charge in [-0.1, -0.05) is 0 Å². The molecule has 114 valence electrons. The minimum Gasteiger partial charge on any atom is -0.480 e. The fourth-order valence-electron chi connectivity index (χ4n) is 2.53. The van der Waals surface area contributed by atoms with Crippen molar-refractivity contribution in [1.29, 1.82) is 0 Å². The van der Waals surface area contributed by atoms with Crippen molar-refractivity contribution in [3.63, 3.8) is 0 Å². The molecule has 0 aromatic heterocycles. The highest BCUT2D eigenvalue weighted by atomic mass is 19.1. The molecule has 1 fully saturated rings. The van der Waals surface area contributed by atoms with Crippen LogP contribution in [0.5, 0.6) is 0 Å². The number of hydrogen-bond donors (Lipinski definition) is 1. The van der Waals surface area contributed by atoms with Crippen molar-refractivity contribution in [3.05, 3.63) is 35.1 Å². The Morgan fingerprint density at radius 2 is 2.00 bits per heavy atom. The maximum Gasteiger partial charge on any atom is 0.323 e. The number of nitrogens with zero attached hydrogens (tertiary/aromatic N) is 1. The van der Waals surface area contributed by atoms with Crippen LogP contribution in [0.4, 0.5) is 4.39 Å². The maximum atomic E-state index is 13.4. The number of amides is 1. The van der Waals surface area contributed by atoms with Crippen LogP contribution in [0.15, 0.2) is 18.2 Å². The van der Waals surface area contributed by atoms with Gasteiger partial charge in [0.2, 0.25) is 0 Å². The van der Waals surface area contributed by atoms with Crippen LogP contribution >= 0.6 is 0 Å². The number of carbonyl (C=O) groups excluding carboxylic acids is 1. The van der Waals surface area contributed by atoms with Crippen LogP contribution < -0.4 is 0 Å². The first-order chi connectivity index (χ1) is 9.97. The lowest BCUT2D eigenvalue weighted by Crippen LogP contribution is -2.46. The minimum absolute atomic E-state index is 0.181. The number of hydrogen-bond acceptors (Lipinski definition) is 3. The number of carboxylic acids is 1. The lowest BCUT2D eigenvalue weighted by atomic mass is 10.0. The van der Waals surface area contributed by atoms with E-state index in [0.29, 0.717) is 31.6 Å². The number of ether oxygens (including phenoxy) is 1. The molecule has 0 radical (unpaired) electrons. The second kappa shape index (κ2) is 6.67. The van der Waals surface area contributed by atoms with Crippen molar-refractivity contribution in [2.45, 2.75) is 25.8 Å². The highest BCUT2D eigenvalue weighted by Crippen LogP contribution is 2.18. The first-order valence-corrected chi connectivity index (χ1v) is 6.85. The maximum absolute atomic E-state index is 13.4. The third-order valence-corrected chi connectivity index (χ3v) is 3.49. The minimum atomic E-state index is -1.08. The molecule has 1 N–H and O–H groups in total. The Kier molecular flexibility index (Phi) is 4.90. The summed E-state index contributed by atoms with van der Waals surface area (Å²) in [6, 6.07) is 3.85. The van der Waals surface area contributed by atoms with Gasteiger partial charge in [0, 0.05) is 24.8 Å². The van der Waals surface area contributed by atoms with E-state index >= 15 is 0 Å². The predicted octanol–water partition coefficient (Wildman–Crippen LogP) is 1.84. The number of rotatable bonds is 4. The summed E-state index contributed by atoms with van der Waals surface area (Å²) in [5.74, 6) is -2.03. The molecule has 1 saturated heterocycles. The SMILES string of the molecule is Cc1cc(F)cc(C(=O)N(CC(=O)O)C2CCOCC2)c1. The molecule has 1 amide bonds. The van der Waals surface area contributed by atoms with Crippen LogP contribution in [-0.4, -0.2) is 47.7 Å². The Morgan fingerprint density at radius 3 is 2.57 bits per heavy atom. The largest absolute Gasteiger partial charge is 0.480 e. The van der Waals surface area contributed by atoms with Crippen molar-refractivity contribution in [2.24, 2.45) is 0 Å². The lowest BCUT2D eigenvalue weighted by Gasteiger charge is -2.33. The third-order valence-electron chi connectivity index (χ3n) is 3.49. The highest BCUT2D eigenvalue weighted by molar-refractivity contribution is 5.96. The summed E-state index contributed by atoms with van der Waals surface area (Å²) in [6.45, 7) is 2.29. The first kappa shape index (κ1) is 15.4. The molecule has 0 bridgehead atoms. The van der Waals surface area contributed by atoms with Crippen LogP contribution in [0, 0.1) is 12.7 Å². The lowest BCUT2D eigenvalue weighted by molar-refractivity contribution is -0.138. The molecule has 21 heavy (non-hydrogen) atoms. The van der Waals surface area contributed by atoms with Gasteiger partial charge in [-0.05, 0) is 43.5 Å². The van der Waals surface area contributed by atoms with Crippen molar-refractivity contribution in [3.8, 4) is 0 Å². The van der Waals surface area contributed by atoms with Crippen LogP contribution in [0.25, 0.3) is 0 Å². The number of carboxylic acid groups (broad SMARTS) is 1. The fraction of sp³-hybridized carbons (Fsp3) is 0.467. The predicted molar refractivity (Wildman–Crippen MR) is 73.7 cm³/mol. The molecule has 2 rings (SSSR count). The van der Waals surface area contributed by atoms with Crippen molar-refractivity contribution in [1.82, 2.24) is 4.90 Å². The first-order valence-electron chi connectivity index (χ1n) is 6.85. The van der Waals surface area contributed by atoms with Crippen LogP contribution in [-0.2, 0) is 9.53 Å². The van der Waals surface area contributed by atoms with E-state index in [9.17, 15) is 14.0 Å². The Bertz CT molecular complexity index is 520. The van der Waals surface area contributed by atoms with Crippen molar-refractivity contribution < 1.29 is 23.8 Å². The Labute approximate surface area is 122 Å². The number of benzene rings is 1. The van der Waals surface area contributed by atoms with Gasteiger partial charge in [-0.25, -0.2) is 4.39 Å². The monoisotopic (exact) mass is 295 g/mol. The molecule has 1 aliphatic heterocycles. The summed E-state index contributed by atoms with van der Waals surface area (Å²) >= 11 is 0. The summed E-state index contributed by atoms with van der Waals surface area (Å²) in [5, 5.41) is 9.02. The summed E-state index contributed by atoms with van der Waals surface area (Å²) in [5.41, 5.74) is 0.806. The summed E-state index contributed by atoms with van der Waals surface area (Å²) in [6.07, 6.45) is 1.18. The van der Waals surface area contributed by atoms with E-state index in [0.717, 1.165) is 6.07 Å². The highest BCUT2D eigenvalue weighted by Gasteiger charge is 2.28. The molecule has 0 spiro atoms.